The van der Waals surface area contributed by atoms with Gasteiger partial charge < -0.3 is 10.2 Å². The second-order valence-corrected chi connectivity index (χ2v) is 5.30. The highest BCUT2D eigenvalue weighted by atomic mass is 16.2. The molecule has 0 spiro atoms. The Balaban J connectivity index is 1.64. The maximum Gasteiger partial charge on any atom is 0.318 e. The third kappa shape index (κ3) is 1.72. The van der Waals surface area contributed by atoms with Crippen LogP contribution in [0.1, 0.15) is 44.9 Å². The first-order chi connectivity index (χ1) is 7.84. The number of hydrogen-bond acceptors (Lipinski definition) is 1. The van der Waals surface area contributed by atoms with Crippen molar-refractivity contribution in [1.29, 1.82) is 0 Å². The second kappa shape index (κ2) is 4.11. The number of carbonyl (C=O) groups is 1. The van der Waals surface area contributed by atoms with Gasteiger partial charge in [-0.05, 0) is 32.1 Å². The molecule has 3 heteroatoms. The molecular weight excluding hydrogens is 200 g/mol. The lowest BCUT2D eigenvalue weighted by atomic mass is 10.1. The van der Waals surface area contributed by atoms with E-state index in [0.717, 1.165) is 12.8 Å². The molecule has 3 nitrogen and oxygen atoms in total. The molecule has 2 heterocycles. The second-order valence-electron chi connectivity index (χ2n) is 5.30. The minimum absolute atomic E-state index is 0.184. The summed E-state index contributed by atoms with van der Waals surface area (Å²) in [5.41, 5.74) is 0. The minimum atomic E-state index is 0.184. The van der Waals surface area contributed by atoms with Crippen molar-refractivity contribution in [2.45, 2.75) is 63.1 Å². The van der Waals surface area contributed by atoms with Crippen LogP contribution >= 0.6 is 0 Å². The van der Waals surface area contributed by atoms with Crippen LogP contribution in [0.4, 0.5) is 4.79 Å². The molecule has 2 atom stereocenters. The topological polar surface area (TPSA) is 32.3 Å². The molecule has 1 saturated heterocycles. The number of fused-ring (bicyclic) bond motifs is 2. The van der Waals surface area contributed by atoms with E-state index in [1.807, 2.05) is 0 Å². The number of nitrogens with one attached hydrogen (secondary N) is 1. The summed E-state index contributed by atoms with van der Waals surface area (Å²) in [5, 5.41) is 3.20. The number of rotatable bonds is 1. The summed E-state index contributed by atoms with van der Waals surface area (Å²) < 4.78 is 0. The van der Waals surface area contributed by atoms with Gasteiger partial charge in [0, 0.05) is 12.1 Å². The van der Waals surface area contributed by atoms with Crippen LogP contribution in [0.15, 0.2) is 12.2 Å². The molecule has 2 unspecified atom stereocenters. The smallest absolute Gasteiger partial charge is 0.318 e. The summed E-state index contributed by atoms with van der Waals surface area (Å²) in [5.74, 6) is 0. The number of carbonyl (C=O) groups excluding carboxylic acids is 1. The molecule has 0 radical (unpaired) electrons. The van der Waals surface area contributed by atoms with Gasteiger partial charge in [-0.25, -0.2) is 4.79 Å². The zero-order valence-corrected chi connectivity index (χ0v) is 9.69. The highest BCUT2D eigenvalue weighted by Crippen LogP contribution is 2.31. The van der Waals surface area contributed by atoms with Crippen LogP contribution in [0, 0.1) is 0 Å². The highest BCUT2D eigenvalue weighted by molar-refractivity contribution is 5.76. The molecule has 1 saturated carbocycles. The fourth-order valence-electron chi connectivity index (χ4n) is 3.36. The van der Waals surface area contributed by atoms with Crippen molar-refractivity contribution in [3.63, 3.8) is 0 Å². The van der Waals surface area contributed by atoms with Gasteiger partial charge in [0.25, 0.3) is 0 Å². The van der Waals surface area contributed by atoms with E-state index >= 15 is 0 Å². The Hall–Kier alpha value is -0.990. The number of amides is 2. The highest BCUT2D eigenvalue weighted by Gasteiger charge is 2.37. The Labute approximate surface area is 96.9 Å². The Kier molecular flexibility index (Phi) is 2.62. The van der Waals surface area contributed by atoms with Crippen molar-refractivity contribution >= 4 is 6.03 Å². The molecule has 0 aromatic carbocycles. The fourth-order valence-corrected chi connectivity index (χ4v) is 3.36. The predicted octanol–water partition coefficient (Wildman–Crippen LogP) is 2.43. The lowest BCUT2D eigenvalue weighted by molar-refractivity contribution is 0.175. The van der Waals surface area contributed by atoms with E-state index < -0.39 is 0 Å². The summed E-state index contributed by atoms with van der Waals surface area (Å²) in [6.45, 7) is 0. The van der Waals surface area contributed by atoms with Gasteiger partial charge in [-0.15, -0.1) is 0 Å². The molecule has 1 N–H and O–H groups in total. The van der Waals surface area contributed by atoms with Gasteiger partial charge in [0.1, 0.15) is 0 Å². The Morgan fingerprint density at radius 2 is 2.00 bits per heavy atom. The molecule has 0 aromatic heterocycles. The Bertz CT molecular complexity index is 307. The van der Waals surface area contributed by atoms with Crippen molar-refractivity contribution < 1.29 is 4.79 Å². The molecule has 2 amide bonds. The van der Waals surface area contributed by atoms with E-state index in [9.17, 15) is 4.79 Å². The van der Waals surface area contributed by atoms with Crippen LogP contribution in [0.3, 0.4) is 0 Å². The van der Waals surface area contributed by atoms with Gasteiger partial charge in [0.2, 0.25) is 0 Å². The van der Waals surface area contributed by atoms with Gasteiger partial charge in [0.05, 0.1) is 6.04 Å². The third-order valence-corrected chi connectivity index (χ3v) is 4.23. The molecule has 3 rings (SSSR count). The third-order valence-electron chi connectivity index (χ3n) is 4.23. The Morgan fingerprint density at radius 3 is 2.75 bits per heavy atom. The van der Waals surface area contributed by atoms with E-state index in [4.69, 9.17) is 0 Å². The molecular formula is C13H20N2O. The lowest BCUT2D eigenvalue weighted by Gasteiger charge is -2.32. The van der Waals surface area contributed by atoms with Crippen molar-refractivity contribution in [3.8, 4) is 0 Å². The predicted molar refractivity (Wildman–Crippen MR) is 63.2 cm³/mol. The first-order valence-corrected chi connectivity index (χ1v) is 6.60. The molecule has 1 aliphatic carbocycles. The first kappa shape index (κ1) is 10.2. The molecule has 2 bridgehead atoms. The summed E-state index contributed by atoms with van der Waals surface area (Å²) in [4.78, 5) is 14.3. The average molecular weight is 220 g/mol. The van der Waals surface area contributed by atoms with Crippen LogP contribution in [0.25, 0.3) is 0 Å². The van der Waals surface area contributed by atoms with E-state index in [1.165, 1.54) is 32.1 Å². The fraction of sp³-hybridized carbons (Fsp3) is 0.769. The van der Waals surface area contributed by atoms with Crippen molar-refractivity contribution in [2.75, 3.05) is 0 Å². The standard InChI is InChI=1S/C13H20N2O/c16-13(14-10-4-1-2-5-10)15-11-6-3-7-12(15)9-8-11/h3,6,10-12H,1-2,4-5,7-9H2,(H,14,16). The van der Waals surface area contributed by atoms with Gasteiger partial charge in [-0.2, -0.15) is 0 Å². The zero-order chi connectivity index (χ0) is 11.0. The Morgan fingerprint density at radius 1 is 1.19 bits per heavy atom. The van der Waals surface area contributed by atoms with Crippen molar-refractivity contribution in [2.24, 2.45) is 0 Å². The molecule has 2 fully saturated rings. The maximum absolute atomic E-state index is 12.2. The number of urea groups is 1. The van der Waals surface area contributed by atoms with E-state index in [-0.39, 0.29) is 6.03 Å². The normalized spacial score (nSPS) is 33.4. The molecule has 3 aliphatic rings. The largest absolute Gasteiger partial charge is 0.335 e. The van der Waals surface area contributed by atoms with Crippen LogP contribution < -0.4 is 5.32 Å². The molecule has 0 aromatic rings. The number of hydrogen-bond donors (Lipinski definition) is 1. The summed E-state index contributed by atoms with van der Waals surface area (Å²) >= 11 is 0. The quantitative estimate of drug-likeness (QED) is 0.676. The van der Waals surface area contributed by atoms with Gasteiger partial charge in [-0.3, -0.25) is 0 Å². The van der Waals surface area contributed by atoms with Gasteiger partial charge in [0.15, 0.2) is 0 Å². The summed E-state index contributed by atoms with van der Waals surface area (Å²) in [6.07, 6.45) is 12.7. The van der Waals surface area contributed by atoms with E-state index in [1.54, 1.807) is 0 Å². The monoisotopic (exact) mass is 220 g/mol. The van der Waals surface area contributed by atoms with Gasteiger partial charge in [-0.1, -0.05) is 25.0 Å². The average Bonchev–Trinajstić information content (AvgIpc) is 2.86. The maximum atomic E-state index is 12.2. The van der Waals surface area contributed by atoms with Gasteiger partial charge >= 0.3 is 6.03 Å². The van der Waals surface area contributed by atoms with Crippen LogP contribution in [0.5, 0.6) is 0 Å². The minimum Gasteiger partial charge on any atom is -0.335 e. The van der Waals surface area contributed by atoms with Crippen molar-refractivity contribution in [3.05, 3.63) is 12.2 Å². The first-order valence-electron chi connectivity index (χ1n) is 6.60. The molecule has 88 valence electrons. The van der Waals surface area contributed by atoms with E-state index in [0.29, 0.717) is 18.1 Å². The van der Waals surface area contributed by atoms with Crippen LogP contribution in [-0.2, 0) is 0 Å². The van der Waals surface area contributed by atoms with Crippen molar-refractivity contribution in [1.82, 2.24) is 10.2 Å². The summed E-state index contributed by atoms with van der Waals surface area (Å²) in [6, 6.07) is 1.47. The summed E-state index contributed by atoms with van der Waals surface area (Å²) in [7, 11) is 0. The molecule has 2 aliphatic heterocycles. The van der Waals surface area contributed by atoms with Crippen LogP contribution in [0.2, 0.25) is 0 Å². The molecule has 16 heavy (non-hydrogen) atoms. The number of nitrogens with zero attached hydrogens (tertiary/aromatic N) is 1. The van der Waals surface area contributed by atoms with Crippen LogP contribution in [-0.4, -0.2) is 29.1 Å². The SMILES string of the molecule is O=C(NC1CCCC1)N1C2C=CCC1CC2. The lowest BCUT2D eigenvalue weighted by Crippen LogP contribution is -2.50. The van der Waals surface area contributed by atoms with E-state index in [2.05, 4.69) is 22.4 Å². The zero-order valence-electron chi connectivity index (χ0n) is 9.69.